The molecule has 1 amide bonds. The number of pyridine rings is 1. The molecule has 0 radical (unpaired) electrons. The maximum absolute atomic E-state index is 11.2. The van der Waals surface area contributed by atoms with Gasteiger partial charge in [0.2, 0.25) is 0 Å². The summed E-state index contributed by atoms with van der Waals surface area (Å²) >= 11 is 1.79. The zero-order valence-corrected chi connectivity index (χ0v) is 10.7. The maximum Gasteiger partial charge on any atom is 0.266 e. The summed E-state index contributed by atoms with van der Waals surface area (Å²) in [6.45, 7) is 2.00. The quantitative estimate of drug-likeness (QED) is 0.300. The first-order valence-electron chi connectivity index (χ1n) is 5.42. The van der Waals surface area contributed by atoms with Crippen LogP contribution in [-0.2, 0) is 5.75 Å². The van der Waals surface area contributed by atoms with Crippen molar-refractivity contribution >= 4 is 17.7 Å². The number of nitrogens with two attached hydrogens (primary N) is 2. The van der Waals surface area contributed by atoms with Gasteiger partial charge in [-0.15, -0.1) is 0 Å². The number of carbonyl (C=O) groups excluding carboxylic acids is 1. The van der Waals surface area contributed by atoms with Crippen LogP contribution >= 0.6 is 11.8 Å². The highest BCUT2D eigenvalue weighted by Crippen LogP contribution is 2.12. The van der Waals surface area contributed by atoms with E-state index in [1.165, 1.54) is 6.20 Å². The molecule has 1 heterocycles. The summed E-state index contributed by atoms with van der Waals surface area (Å²) < 4.78 is 0. The average molecular weight is 254 g/mol. The minimum atomic E-state index is -0.325. The van der Waals surface area contributed by atoms with Crippen LogP contribution in [0.1, 0.15) is 29.4 Å². The lowest BCUT2D eigenvalue weighted by Crippen LogP contribution is -2.30. The van der Waals surface area contributed by atoms with Gasteiger partial charge in [-0.1, -0.05) is 0 Å². The number of hydrazine groups is 1. The van der Waals surface area contributed by atoms with Crippen LogP contribution in [-0.4, -0.2) is 22.7 Å². The van der Waals surface area contributed by atoms with Gasteiger partial charge in [0.15, 0.2) is 0 Å². The first-order valence-corrected chi connectivity index (χ1v) is 6.58. The van der Waals surface area contributed by atoms with Crippen molar-refractivity contribution < 1.29 is 4.79 Å². The molecule has 0 fully saturated rings. The van der Waals surface area contributed by atoms with Crippen molar-refractivity contribution in [2.45, 2.75) is 25.1 Å². The topological polar surface area (TPSA) is 94.0 Å². The van der Waals surface area contributed by atoms with E-state index in [1.807, 2.05) is 13.0 Å². The predicted molar refractivity (Wildman–Crippen MR) is 70.3 cm³/mol. The number of nitrogens with zero attached hydrogens (tertiary/aromatic N) is 1. The van der Waals surface area contributed by atoms with Crippen LogP contribution in [0, 0.1) is 0 Å². The maximum atomic E-state index is 11.2. The summed E-state index contributed by atoms with van der Waals surface area (Å²) in [4.78, 5) is 15.4. The largest absolute Gasteiger partial charge is 0.328 e. The molecule has 6 heteroatoms. The van der Waals surface area contributed by atoms with Gasteiger partial charge < -0.3 is 5.73 Å². The summed E-state index contributed by atoms with van der Waals surface area (Å²) in [6.07, 6.45) is 2.53. The minimum absolute atomic E-state index is 0.242. The Bertz CT molecular complexity index is 353. The van der Waals surface area contributed by atoms with E-state index in [0.717, 1.165) is 23.6 Å². The Morgan fingerprint density at radius 3 is 2.88 bits per heavy atom. The molecule has 0 spiro atoms. The Morgan fingerprint density at radius 1 is 1.59 bits per heavy atom. The first kappa shape index (κ1) is 14.0. The van der Waals surface area contributed by atoms with E-state index in [9.17, 15) is 4.79 Å². The molecule has 0 aromatic carbocycles. The molecule has 0 aliphatic carbocycles. The number of hydrogen-bond acceptors (Lipinski definition) is 5. The average Bonchev–Trinajstić information content (AvgIpc) is 2.34. The standard InChI is InChI=1S/C11H18N4OS/c1-8(12)4-5-17-7-10-3-2-9(6-14-10)11(16)15-13/h2-3,6,8H,4-5,7,12-13H2,1H3,(H,15,16). The summed E-state index contributed by atoms with van der Waals surface area (Å²) in [5, 5.41) is 0. The summed E-state index contributed by atoms with van der Waals surface area (Å²) in [5.41, 5.74) is 9.14. The Labute approximate surface area is 105 Å². The lowest BCUT2D eigenvalue weighted by molar-refractivity contribution is 0.0953. The molecule has 1 aromatic heterocycles. The van der Waals surface area contributed by atoms with Crippen LogP contribution in [0.5, 0.6) is 0 Å². The van der Waals surface area contributed by atoms with Gasteiger partial charge in [0.05, 0.1) is 11.3 Å². The molecule has 0 aliphatic rings. The third-order valence-electron chi connectivity index (χ3n) is 2.19. The summed E-state index contributed by atoms with van der Waals surface area (Å²) in [5.74, 6) is 6.55. The van der Waals surface area contributed by atoms with E-state index in [2.05, 4.69) is 10.4 Å². The van der Waals surface area contributed by atoms with Gasteiger partial charge in [0, 0.05) is 18.0 Å². The lowest BCUT2D eigenvalue weighted by Gasteiger charge is -2.05. The zero-order valence-electron chi connectivity index (χ0n) is 9.85. The monoisotopic (exact) mass is 254 g/mol. The molecule has 94 valence electrons. The summed E-state index contributed by atoms with van der Waals surface area (Å²) in [7, 11) is 0. The number of amides is 1. The summed E-state index contributed by atoms with van der Waals surface area (Å²) in [6, 6.07) is 3.80. The van der Waals surface area contributed by atoms with E-state index >= 15 is 0 Å². The second-order valence-electron chi connectivity index (χ2n) is 3.83. The number of rotatable bonds is 6. The number of carbonyl (C=O) groups is 1. The molecule has 1 rings (SSSR count). The van der Waals surface area contributed by atoms with Crippen LogP contribution in [0.4, 0.5) is 0 Å². The van der Waals surface area contributed by atoms with Crippen LogP contribution < -0.4 is 17.0 Å². The Hall–Kier alpha value is -1.11. The second-order valence-corrected chi connectivity index (χ2v) is 4.94. The van der Waals surface area contributed by atoms with Crippen LogP contribution in [0.15, 0.2) is 18.3 Å². The van der Waals surface area contributed by atoms with E-state index in [4.69, 9.17) is 11.6 Å². The fourth-order valence-electron chi connectivity index (χ4n) is 1.17. The number of hydrogen-bond donors (Lipinski definition) is 3. The molecular formula is C11H18N4OS. The third kappa shape index (κ3) is 5.16. The van der Waals surface area contributed by atoms with Gasteiger partial charge in [-0.25, -0.2) is 5.84 Å². The smallest absolute Gasteiger partial charge is 0.266 e. The van der Waals surface area contributed by atoms with E-state index < -0.39 is 0 Å². The van der Waals surface area contributed by atoms with Crippen LogP contribution in [0.25, 0.3) is 0 Å². The molecule has 0 saturated heterocycles. The van der Waals surface area contributed by atoms with Crippen molar-refractivity contribution in [3.05, 3.63) is 29.6 Å². The molecule has 1 aromatic rings. The SMILES string of the molecule is CC(N)CCSCc1ccc(C(=O)NN)cn1. The van der Waals surface area contributed by atoms with Crippen LogP contribution in [0.2, 0.25) is 0 Å². The van der Waals surface area contributed by atoms with Crippen molar-refractivity contribution in [2.75, 3.05) is 5.75 Å². The third-order valence-corrected chi connectivity index (χ3v) is 3.21. The fraction of sp³-hybridized carbons (Fsp3) is 0.455. The molecule has 17 heavy (non-hydrogen) atoms. The Morgan fingerprint density at radius 2 is 2.35 bits per heavy atom. The van der Waals surface area contributed by atoms with E-state index in [0.29, 0.717) is 5.56 Å². The first-order chi connectivity index (χ1) is 8.13. The molecule has 0 bridgehead atoms. The molecule has 5 nitrogen and oxygen atoms in total. The number of aromatic nitrogens is 1. The van der Waals surface area contributed by atoms with Gasteiger partial charge in [0.25, 0.3) is 5.91 Å². The van der Waals surface area contributed by atoms with Crippen molar-refractivity contribution in [1.82, 2.24) is 10.4 Å². The van der Waals surface area contributed by atoms with Crippen molar-refractivity contribution in [2.24, 2.45) is 11.6 Å². The predicted octanol–water partition coefficient (Wildman–Crippen LogP) is 0.656. The molecule has 1 atom stereocenters. The second kappa shape index (κ2) is 7.26. The van der Waals surface area contributed by atoms with Crippen molar-refractivity contribution in [3.63, 3.8) is 0 Å². The number of nitrogen functional groups attached to an aromatic ring is 1. The highest BCUT2D eigenvalue weighted by molar-refractivity contribution is 7.98. The van der Waals surface area contributed by atoms with Gasteiger partial charge in [-0.05, 0) is 31.2 Å². The van der Waals surface area contributed by atoms with E-state index in [1.54, 1.807) is 17.8 Å². The Balaban J connectivity index is 2.38. The Kier molecular flexibility index (Phi) is 5.96. The minimum Gasteiger partial charge on any atom is -0.328 e. The van der Waals surface area contributed by atoms with Gasteiger partial charge in [-0.3, -0.25) is 15.2 Å². The van der Waals surface area contributed by atoms with Crippen molar-refractivity contribution in [3.8, 4) is 0 Å². The fourth-order valence-corrected chi connectivity index (χ4v) is 2.24. The molecule has 1 unspecified atom stereocenters. The van der Waals surface area contributed by atoms with Gasteiger partial charge in [-0.2, -0.15) is 11.8 Å². The molecule has 5 N–H and O–H groups in total. The van der Waals surface area contributed by atoms with Gasteiger partial charge in [0.1, 0.15) is 0 Å². The molecule has 0 saturated carbocycles. The number of nitrogens with one attached hydrogen (secondary N) is 1. The van der Waals surface area contributed by atoms with Gasteiger partial charge >= 0.3 is 0 Å². The lowest BCUT2D eigenvalue weighted by atomic mass is 10.2. The van der Waals surface area contributed by atoms with Crippen LogP contribution in [0.3, 0.4) is 0 Å². The zero-order chi connectivity index (χ0) is 12.7. The molecule has 0 aliphatic heterocycles. The van der Waals surface area contributed by atoms with Crippen molar-refractivity contribution in [1.29, 1.82) is 0 Å². The molecular weight excluding hydrogens is 236 g/mol. The highest BCUT2D eigenvalue weighted by atomic mass is 32.2. The number of thioether (sulfide) groups is 1. The highest BCUT2D eigenvalue weighted by Gasteiger charge is 2.03. The van der Waals surface area contributed by atoms with E-state index in [-0.39, 0.29) is 11.9 Å². The normalized spacial score (nSPS) is 12.2.